The number of rotatable bonds is 3. The van der Waals surface area contributed by atoms with E-state index in [1.807, 2.05) is 12.3 Å². The zero-order valence-electron chi connectivity index (χ0n) is 11.6. The molecule has 1 aliphatic heterocycles. The van der Waals surface area contributed by atoms with Gasteiger partial charge in [-0.05, 0) is 50.0 Å². The van der Waals surface area contributed by atoms with Gasteiger partial charge in [0.1, 0.15) is 0 Å². The zero-order chi connectivity index (χ0) is 13.8. The maximum Gasteiger partial charge on any atom is 0.223 e. The smallest absolute Gasteiger partial charge is 0.223 e. The number of hydrogen-bond donors (Lipinski definition) is 3. The molecule has 0 saturated carbocycles. The number of carbonyl (C=O) groups excluding carboxylic acids is 1. The topological polar surface area (TPSA) is 56.9 Å². The lowest BCUT2D eigenvalue weighted by atomic mass is 9.99. The van der Waals surface area contributed by atoms with Crippen LogP contribution in [-0.4, -0.2) is 24.0 Å². The highest BCUT2D eigenvalue weighted by atomic mass is 16.1. The van der Waals surface area contributed by atoms with E-state index < -0.39 is 0 Å². The molecule has 0 radical (unpaired) electrons. The number of H-pyrrole nitrogens is 1. The van der Waals surface area contributed by atoms with Crippen molar-refractivity contribution in [3.63, 3.8) is 0 Å². The highest BCUT2D eigenvalue weighted by molar-refractivity contribution is 5.84. The molecule has 1 fully saturated rings. The van der Waals surface area contributed by atoms with Crippen LogP contribution in [0.5, 0.6) is 0 Å². The van der Waals surface area contributed by atoms with E-state index in [-0.39, 0.29) is 11.8 Å². The van der Waals surface area contributed by atoms with E-state index >= 15 is 0 Å². The SMILES string of the molecule is O=C(NCc1cccc2[nH]ccc12)[C@@H]1CCCNCC1. The maximum atomic E-state index is 12.3. The van der Waals surface area contributed by atoms with E-state index in [0.29, 0.717) is 6.54 Å². The molecule has 3 rings (SSSR count). The van der Waals surface area contributed by atoms with Crippen LogP contribution in [-0.2, 0) is 11.3 Å². The summed E-state index contributed by atoms with van der Waals surface area (Å²) >= 11 is 0. The van der Waals surface area contributed by atoms with Crippen LogP contribution in [0, 0.1) is 5.92 Å². The molecule has 1 saturated heterocycles. The minimum Gasteiger partial charge on any atom is -0.361 e. The molecule has 0 aliphatic carbocycles. The molecule has 1 amide bonds. The van der Waals surface area contributed by atoms with Crippen molar-refractivity contribution >= 4 is 16.8 Å². The number of aromatic amines is 1. The van der Waals surface area contributed by atoms with Crippen molar-refractivity contribution in [2.75, 3.05) is 13.1 Å². The number of hydrogen-bond acceptors (Lipinski definition) is 2. The standard InChI is InChI=1S/C16H21N3O/c20-16(12-4-2-8-17-9-6-12)19-11-13-3-1-5-15-14(13)7-10-18-15/h1,3,5,7,10,12,17-18H,2,4,6,8-9,11H2,(H,19,20)/t12-/m1/s1. The van der Waals surface area contributed by atoms with Crippen molar-refractivity contribution in [1.29, 1.82) is 0 Å². The van der Waals surface area contributed by atoms with Crippen molar-refractivity contribution in [2.45, 2.75) is 25.8 Å². The van der Waals surface area contributed by atoms with E-state index in [4.69, 9.17) is 0 Å². The van der Waals surface area contributed by atoms with Gasteiger partial charge in [0.2, 0.25) is 5.91 Å². The predicted octanol–water partition coefficient (Wildman–Crippen LogP) is 2.17. The van der Waals surface area contributed by atoms with Crippen LogP contribution < -0.4 is 10.6 Å². The Morgan fingerprint density at radius 1 is 1.25 bits per heavy atom. The second kappa shape index (κ2) is 6.09. The lowest BCUT2D eigenvalue weighted by Crippen LogP contribution is -2.30. The van der Waals surface area contributed by atoms with Gasteiger partial charge in [-0.2, -0.15) is 0 Å². The Morgan fingerprint density at radius 2 is 2.20 bits per heavy atom. The Balaban J connectivity index is 1.63. The molecule has 4 nitrogen and oxygen atoms in total. The average Bonchev–Trinajstić information content (AvgIpc) is 2.79. The van der Waals surface area contributed by atoms with Gasteiger partial charge >= 0.3 is 0 Å². The Kier molecular flexibility index (Phi) is 4.02. The first-order valence-electron chi connectivity index (χ1n) is 7.38. The number of fused-ring (bicyclic) bond motifs is 1. The first kappa shape index (κ1) is 13.2. The van der Waals surface area contributed by atoms with Crippen molar-refractivity contribution in [3.8, 4) is 0 Å². The molecule has 1 atom stereocenters. The van der Waals surface area contributed by atoms with Crippen molar-refractivity contribution in [3.05, 3.63) is 36.0 Å². The van der Waals surface area contributed by atoms with Gasteiger partial charge in [0.25, 0.3) is 0 Å². The van der Waals surface area contributed by atoms with Crippen molar-refractivity contribution in [1.82, 2.24) is 15.6 Å². The average molecular weight is 271 g/mol. The summed E-state index contributed by atoms with van der Waals surface area (Å²) in [5.41, 5.74) is 2.29. The summed E-state index contributed by atoms with van der Waals surface area (Å²) in [5, 5.41) is 7.63. The molecule has 2 aromatic rings. The molecule has 2 heterocycles. The summed E-state index contributed by atoms with van der Waals surface area (Å²) < 4.78 is 0. The van der Waals surface area contributed by atoms with E-state index in [1.165, 1.54) is 10.9 Å². The lowest BCUT2D eigenvalue weighted by Gasteiger charge is -2.14. The summed E-state index contributed by atoms with van der Waals surface area (Å²) in [6.07, 6.45) is 4.96. The van der Waals surface area contributed by atoms with Gasteiger partial charge < -0.3 is 15.6 Å². The van der Waals surface area contributed by atoms with Crippen molar-refractivity contribution in [2.24, 2.45) is 5.92 Å². The predicted molar refractivity (Wildman–Crippen MR) is 80.4 cm³/mol. The van der Waals surface area contributed by atoms with Gasteiger partial charge in [-0.1, -0.05) is 12.1 Å². The molecule has 1 aromatic carbocycles. The molecule has 106 valence electrons. The van der Waals surface area contributed by atoms with Crippen LogP contribution in [0.4, 0.5) is 0 Å². The van der Waals surface area contributed by atoms with Gasteiger partial charge in [-0.3, -0.25) is 4.79 Å². The zero-order valence-corrected chi connectivity index (χ0v) is 11.6. The van der Waals surface area contributed by atoms with Gasteiger partial charge in [0.05, 0.1) is 0 Å². The van der Waals surface area contributed by atoms with Crippen LogP contribution in [0.1, 0.15) is 24.8 Å². The van der Waals surface area contributed by atoms with Gasteiger partial charge in [-0.15, -0.1) is 0 Å². The molecule has 1 aromatic heterocycles. The highest BCUT2D eigenvalue weighted by Crippen LogP contribution is 2.18. The number of benzene rings is 1. The summed E-state index contributed by atoms with van der Waals surface area (Å²) in [6, 6.07) is 8.21. The fourth-order valence-corrected chi connectivity index (χ4v) is 2.91. The summed E-state index contributed by atoms with van der Waals surface area (Å²) in [4.78, 5) is 15.5. The van der Waals surface area contributed by atoms with Crippen LogP contribution in [0.15, 0.2) is 30.5 Å². The minimum absolute atomic E-state index is 0.162. The molecular formula is C16H21N3O. The summed E-state index contributed by atoms with van der Waals surface area (Å²) in [5.74, 6) is 0.358. The largest absolute Gasteiger partial charge is 0.361 e. The number of aromatic nitrogens is 1. The second-order valence-electron chi connectivity index (χ2n) is 5.45. The van der Waals surface area contributed by atoms with Gasteiger partial charge in [0.15, 0.2) is 0 Å². The molecule has 0 spiro atoms. The van der Waals surface area contributed by atoms with Gasteiger partial charge in [0, 0.05) is 29.6 Å². The Labute approximate surface area is 118 Å². The first-order chi connectivity index (χ1) is 9.84. The third-order valence-electron chi connectivity index (χ3n) is 4.08. The quantitative estimate of drug-likeness (QED) is 0.801. The molecule has 0 bridgehead atoms. The molecular weight excluding hydrogens is 250 g/mol. The monoisotopic (exact) mass is 271 g/mol. The second-order valence-corrected chi connectivity index (χ2v) is 5.45. The third-order valence-corrected chi connectivity index (χ3v) is 4.08. The summed E-state index contributed by atoms with van der Waals surface area (Å²) in [6.45, 7) is 2.59. The molecule has 3 N–H and O–H groups in total. The highest BCUT2D eigenvalue weighted by Gasteiger charge is 2.19. The number of nitrogens with one attached hydrogen (secondary N) is 3. The fraction of sp³-hybridized carbons (Fsp3) is 0.438. The fourth-order valence-electron chi connectivity index (χ4n) is 2.91. The molecule has 20 heavy (non-hydrogen) atoms. The Morgan fingerprint density at radius 3 is 3.15 bits per heavy atom. The van der Waals surface area contributed by atoms with Gasteiger partial charge in [-0.25, -0.2) is 0 Å². The lowest BCUT2D eigenvalue weighted by molar-refractivity contribution is -0.125. The number of amides is 1. The van der Waals surface area contributed by atoms with Crippen molar-refractivity contribution < 1.29 is 4.79 Å². The van der Waals surface area contributed by atoms with E-state index in [2.05, 4.69) is 33.8 Å². The van der Waals surface area contributed by atoms with Crippen LogP contribution >= 0.6 is 0 Å². The molecule has 4 heteroatoms. The van der Waals surface area contributed by atoms with Crippen LogP contribution in [0.3, 0.4) is 0 Å². The maximum absolute atomic E-state index is 12.3. The molecule has 0 unspecified atom stereocenters. The van der Waals surface area contributed by atoms with E-state index in [0.717, 1.165) is 37.9 Å². The van der Waals surface area contributed by atoms with E-state index in [9.17, 15) is 4.79 Å². The normalized spacial score (nSPS) is 19.7. The number of carbonyl (C=O) groups is 1. The third kappa shape index (κ3) is 2.85. The molecule has 1 aliphatic rings. The van der Waals surface area contributed by atoms with Crippen LogP contribution in [0.25, 0.3) is 10.9 Å². The minimum atomic E-state index is 0.162. The first-order valence-corrected chi connectivity index (χ1v) is 7.38. The Hall–Kier alpha value is -1.81. The Bertz CT molecular complexity index is 582. The summed E-state index contributed by atoms with van der Waals surface area (Å²) in [7, 11) is 0. The van der Waals surface area contributed by atoms with Crippen LogP contribution in [0.2, 0.25) is 0 Å². The van der Waals surface area contributed by atoms with E-state index in [1.54, 1.807) is 0 Å².